The number of carbonyl (C=O) groups is 3. The second-order valence-electron chi connectivity index (χ2n) is 9.33. The van der Waals surface area contributed by atoms with Gasteiger partial charge in [0.1, 0.15) is 11.3 Å². The fraction of sp³-hybridized carbons (Fsp3) is 0.133. The molecule has 0 spiro atoms. The van der Waals surface area contributed by atoms with Gasteiger partial charge in [-0.05, 0) is 49.1 Å². The summed E-state index contributed by atoms with van der Waals surface area (Å²) in [6.45, 7) is 1.69. The van der Waals surface area contributed by atoms with Gasteiger partial charge in [0.25, 0.3) is 17.5 Å². The summed E-state index contributed by atoms with van der Waals surface area (Å²) in [6.07, 6.45) is 1.84. The molecule has 0 unspecified atom stereocenters. The minimum atomic E-state index is -0.846. The number of nitrogens with one attached hydrogen (secondary N) is 3. The average molecular weight is 552 g/mol. The van der Waals surface area contributed by atoms with Gasteiger partial charge in [-0.1, -0.05) is 54.6 Å². The Morgan fingerprint density at radius 2 is 1.49 bits per heavy atom. The highest BCUT2D eigenvalue weighted by Crippen LogP contribution is 2.30. The molecule has 0 radical (unpaired) electrons. The molecule has 0 bridgehead atoms. The number of furan rings is 1. The van der Waals surface area contributed by atoms with Crippen molar-refractivity contribution in [1.29, 1.82) is 0 Å². The predicted molar refractivity (Wildman–Crippen MR) is 150 cm³/mol. The number of hydrogen-bond acceptors (Lipinski definition) is 7. The van der Waals surface area contributed by atoms with Crippen molar-refractivity contribution >= 4 is 29.1 Å². The van der Waals surface area contributed by atoms with Crippen molar-refractivity contribution in [3.63, 3.8) is 0 Å². The molecule has 3 amide bonds. The molecule has 206 valence electrons. The van der Waals surface area contributed by atoms with Crippen LogP contribution in [0.1, 0.15) is 61.0 Å². The number of hydrogen-bond donors (Lipinski definition) is 3. The molecule has 0 saturated carbocycles. The molecule has 1 aliphatic carbocycles. The van der Waals surface area contributed by atoms with Crippen LogP contribution in [0.25, 0.3) is 11.1 Å². The summed E-state index contributed by atoms with van der Waals surface area (Å²) in [5.74, 6) is -1.44. The Balaban J connectivity index is 1.27. The van der Waals surface area contributed by atoms with E-state index in [-0.39, 0.29) is 22.9 Å². The molecule has 1 heterocycles. The van der Waals surface area contributed by atoms with Crippen LogP contribution in [-0.4, -0.2) is 28.4 Å². The van der Waals surface area contributed by atoms with Crippen LogP contribution in [0.2, 0.25) is 0 Å². The molecule has 41 heavy (non-hydrogen) atoms. The highest BCUT2D eigenvalue weighted by molar-refractivity contribution is 6.07. The van der Waals surface area contributed by atoms with Crippen molar-refractivity contribution < 1.29 is 23.7 Å². The van der Waals surface area contributed by atoms with Crippen LogP contribution in [-0.2, 0) is 6.42 Å². The minimum Gasteiger partial charge on any atom is -0.455 e. The highest BCUT2D eigenvalue weighted by atomic mass is 16.6. The maximum Gasteiger partial charge on any atom is 0.305 e. The number of hydrazine groups is 1. The van der Waals surface area contributed by atoms with E-state index in [1.807, 2.05) is 42.5 Å². The molecule has 11 nitrogen and oxygen atoms in total. The fourth-order valence-corrected chi connectivity index (χ4v) is 4.69. The summed E-state index contributed by atoms with van der Waals surface area (Å²) in [5.41, 5.74) is 10.6. The van der Waals surface area contributed by atoms with E-state index in [1.54, 1.807) is 19.1 Å². The summed E-state index contributed by atoms with van der Waals surface area (Å²) < 4.78 is 5.81. The third kappa shape index (κ3) is 5.74. The van der Waals surface area contributed by atoms with Gasteiger partial charge in [0.15, 0.2) is 5.76 Å². The van der Waals surface area contributed by atoms with Gasteiger partial charge in [-0.15, -0.1) is 0 Å². The number of nitro groups is 1. The van der Waals surface area contributed by atoms with Crippen molar-refractivity contribution in [2.45, 2.75) is 26.2 Å². The predicted octanol–water partition coefficient (Wildman–Crippen LogP) is 4.71. The number of benzene rings is 3. The van der Waals surface area contributed by atoms with E-state index < -0.39 is 16.7 Å². The van der Waals surface area contributed by atoms with E-state index in [0.717, 1.165) is 11.1 Å². The van der Waals surface area contributed by atoms with Crippen LogP contribution in [0.4, 0.5) is 5.69 Å². The summed E-state index contributed by atoms with van der Waals surface area (Å²) in [6, 6.07) is 22.4. The van der Waals surface area contributed by atoms with E-state index in [9.17, 15) is 24.5 Å². The van der Waals surface area contributed by atoms with E-state index in [1.165, 1.54) is 24.3 Å². The monoisotopic (exact) mass is 551 g/mol. The molecule has 11 heteroatoms. The average Bonchev–Trinajstić information content (AvgIpc) is 3.35. The van der Waals surface area contributed by atoms with Gasteiger partial charge in [-0.25, -0.2) is 5.43 Å². The lowest BCUT2D eigenvalue weighted by Crippen LogP contribution is -2.42. The molecular formula is C30H25N5O6. The van der Waals surface area contributed by atoms with Crippen LogP contribution in [0.5, 0.6) is 0 Å². The lowest BCUT2D eigenvalue weighted by atomic mass is 9.93. The zero-order valence-corrected chi connectivity index (χ0v) is 22.0. The van der Waals surface area contributed by atoms with Gasteiger partial charge in [0.2, 0.25) is 0 Å². The van der Waals surface area contributed by atoms with Gasteiger partial charge in [-0.3, -0.25) is 35.3 Å². The van der Waals surface area contributed by atoms with Crippen molar-refractivity contribution in [2.75, 3.05) is 0 Å². The van der Waals surface area contributed by atoms with Crippen LogP contribution in [0.15, 0.2) is 88.4 Å². The maximum absolute atomic E-state index is 12.9. The Morgan fingerprint density at radius 1 is 0.829 bits per heavy atom. The van der Waals surface area contributed by atoms with Crippen molar-refractivity contribution in [2.24, 2.45) is 5.10 Å². The van der Waals surface area contributed by atoms with Gasteiger partial charge < -0.3 is 4.42 Å². The molecule has 3 aromatic carbocycles. The van der Waals surface area contributed by atoms with Crippen LogP contribution in [0, 0.1) is 17.0 Å². The molecule has 0 saturated heterocycles. The van der Waals surface area contributed by atoms with Crippen LogP contribution >= 0.6 is 0 Å². The first kappa shape index (κ1) is 27.0. The summed E-state index contributed by atoms with van der Waals surface area (Å²) in [4.78, 5) is 48.6. The minimum absolute atomic E-state index is 0.0321. The third-order valence-electron chi connectivity index (χ3n) is 6.71. The molecule has 5 rings (SSSR count). The van der Waals surface area contributed by atoms with Gasteiger partial charge in [0, 0.05) is 29.2 Å². The molecule has 0 atom stereocenters. The molecule has 1 aliphatic rings. The number of carbonyl (C=O) groups excluding carboxylic acids is 3. The standard InChI is InChI=1S/C30H25N5O6/c1-18-26-23(31-32-28(36)21-16-14-20(15-17-21)19-8-3-2-4-9-19)11-7-13-25(26)41-27(18)30(38)34-33-29(37)22-10-5-6-12-24(22)35(39)40/h2-6,8-10,12,14-17H,7,11,13H2,1H3,(H,32,36)(H,33,37)(H,34,38)/b31-23+. The lowest BCUT2D eigenvalue weighted by molar-refractivity contribution is -0.385. The molecule has 0 aliphatic heterocycles. The molecule has 1 aromatic heterocycles. The van der Waals surface area contributed by atoms with Gasteiger partial charge >= 0.3 is 5.91 Å². The zero-order chi connectivity index (χ0) is 28.9. The molecule has 4 aromatic rings. The first-order valence-corrected chi connectivity index (χ1v) is 12.8. The number of rotatable bonds is 6. The molecule has 0 fully saturated rings. The van der Waals surface area contributed by atoms with E-state index in [2.05, 4.69) is 21.4 Å². The van der Waals surface area contributed by atoms with E-state index in [4.69, 9.17) is 4.42 Å². The summed E-state index contributed by atoms with van der Waals surface area (Å²) in [5, 5.41) is 15.5. The third-order valence-corrected chi connectivity index (χ3v) is 6.71. The van der Waals surface area contributed by atoms with Crippen molar-refractivity contribution in [3.05, 3.63) is 123 Å². The smallest absolute Gasteiger partial charge is 0.305 e. The molecular weight excluding hydrogens is 526 g/mol. The number of para-hydroxylation sites is 1. The number of nitrogens with zero attached hydrogens (tertiary/aromatic N) is 2. The van der Waals surface area contributed by atoms with Crippen molar-refractivity contribution in [3.8, 4) is 11.1 Å². The van der Waals surface area contributed by atoms with Crippen molar-refractivity contribution in [1.82, 2.24) is 16.3 Å². The first-order chi connectivity index (χ1) is 19.8. The van der Waals surface area contributed by atoms with Crippen LogP contribution in [0.3, 0.4) is 0 Å². The zero-order valence-electron chi connectivity index (χ0n) is 22.0. The topological polar surface area (TPSA) is 156 Å². The Morgan fingerprint density at radius 3 is 2.22 bits per heavy atom. The summed E-state index contributed by atoms with van der Waals surface area (Å²) in [7, 11) is 0. The van der Waals surface area contributed by atoms with Crippen LogP contribution < -0.4 is 16.3 Å². The normalized spacial score (nSPS) is 13.2. The maximum atomic E-state index is 12.9. The van der Waals surface area contributed by atoms with E-state index in [0.29, 0.717) is 47.4 Å². The number of fused-ring (bicyclic) bond motifs is 1. The summed E-state index contributed by atoms with van der Waals surface area (Å²) >= 11 is 0. The van der Waals surface area contributed by atoms with Gasteiger partial charge in [0.05, 0.1) is 10.6 Å². The largest absolute Gasteiger partial charge is 0.455 e. The SMILES string of the molecule is Cc1c(C(=O)NNC(=O)c2ccccc2[N+](=O)[O-])oc2c1/C(=N/NC(=O)c1ccc(-c3ccccc3)cc1)CCC2. The number of aryl methyl sites for hydroxylation is 1. The number of amides is 3. The second-order valence-corrected chi connectivity index (χ2v) is 9.33. The Hall–Kier alpha value is -5.58. The second kappa shape index (κ2) is 11.7. The Labute approximate surface area is 234 Å². The number of hydrazone groups is 1. The Bertz CT molecular complexity index is 1680. The first-order valence-electron chi connectivity index (χ1n) is 12.8. The quantitative estimate of drug-likeness (QED) is 0.233. The number of nitro benzene ring substituents is 1. The lowest BCUT2D eigenvalue weighted by Gasteiger charge is -2.13. The Kier molecular flexibility index (Phi) is 7.68. The fourth-order valence-electron chi connectivity index (χ4n) is 4.69. The highest BCUT2D eigenvalue weighted by Gasteiger charge is 2.29. The molecule has 3 N–H and O–H groups in total. The van der Waals surface area contributed by atoms with E-state index >= 15 is 0 Å². The van der Waals surface area contributed by atoms with Gasteiger partial charge in [-0.2, -0.15) is 5.10 Å².